The van der Waals surface area contributed by atoms with Crippen molar-refractivity contribution in [2.24, 2.45) is 10.6 Å². The number of likely N-dealkylation sites (tertiary alicyclic amines) is 1. The van der Waals surface area contributed by atoms with Crippen molar-refractivity contribution in [2.45, 2.75) is 24.2 Å². The van der Waals surface area contributed by atoms with Crippen LogP contribution in [-0.2, 0) is 14.8 Å². The van der Waals surface area contributed by atoms with Crippen LogP contribution < -0.4 is 10.0 Å². The van der Waals surface area contributed by atoms with Crippen LogP contribution in [0.1, 0.15) is 19.3 Å². The molecular weight excluding hydrogens is 304 g/mol. The molecule has 0 aliphatic carbocycles. The Hall–Kier alpha value is -1.67. The van der Waals surface area contributed by atoms with Crippen molar-refractivity contribution >= 4 is 21.7 Å². The molecule has 0 bridgehead atoms. The topological polar surface area (TPSA) is 96.6 Å². The fourth-order valence-electron chi connectivity index (χ4n) is 3.54. The van der Waals surface area contributed by atoms with E-state index in [9.17, 15) is 13.2 Å². The predicted molar refractivity (Wildman–Crippen MR) is 81.7 cm³/mol. The van der Waals surface area contributed by atoms with E-state index in [1.807, 2.05) is 11.9 Å². The van der Waals surface area contributed by atoms with Gasteiger partial charge in [0.2, 0.25) is 15.9 Å². The highest BCUT2D eigenvalue weighted by Gasteiger charge is 2.48. The molecule has 0 aromatic carbocycles. The predicted octanol–water partition coefficient (Wildman–Crippen LogP) is 0.178. The molecule has 1 spiro atoms. The molecule has 2 saturated heterocycles. The number of nitrogens with two attached hydrogens (primary N) is 1. The van der Waals surface area contributed by atoms with Crippen molar-refractivity contribution in [1.29, 1.82) is 0 Å². The Morgan fingerprint density at radius 3 is 2.82 bits per heavy atom. The van der Waals surface area contributed by atoms with E-state index in [1.165, 1.54) is 6.07 Å². The van der Waals surface area contributed by atoms with Crippen LogP contribution in [0.3, 0.4) is 0 Å². The number of aromatic nitrogens is 1. The lowest BCUT2D eigenvalue weighted by molar-refractivity contribution is -0.143. The molecule has 2 aliphatic rings. The van der Waals surface area contributed by atoms with Gasteiger partial charge < -0.3 is 9.80 Å². The molecular formula is C14H20N4O3S. The van der Waals surface area contributed by atoms with Crippen LogP contribution in [0.4, 0.5) is 5.82 Å². The van der Waals surface area contributed by atoms with Gasteiger partial charge in [0.25, 0.3) is 0 Å². The first-order chi connectivity index (χ1) is 10.3. The van der Waals surface area contributed by atoms with Crippen LogP contribution in [0.15, 0.2) is 23.2 Å². The van der Waals surface area contributed by atoms with Gasteiger partial charge in [0.1, 0.15) is 10.7 Å². The highest BCUT2D eigenvalue weighted by atomic mass is 32.2. The Morgan fingerprint density at radius 1 is 1.32 bits per heavy atom. The first-order valence-electron chi connectivity index (χ1n) is 7.32. The van der Waals surface area contributed by atoms with Gasteiger partial charge in [0.15, 0.2) is 0 Å². The third-order valence-corrected chi connectivity index (χ3v) is 5.59. The van der Waals surface area contributed by atoms with Gasteiger partial charge in [-0.1, -0.05) is 0 Å². The normalized spacial score (nSPS) is 26.0. The van der Waals surface area contributed by atoms with Crippen LogP contribution >= 0.6 is 0 Å². The minimum Gasteiger partial charge on any atom is -0.354 e. The summed E-state index contributed by atoms with van der Waals surface area (Å²) in [6.45, 7) is 1.89. The molecule has 8 heteroatoms. The number of carbonyl (C=O) groups excluding carboxylic acids is 1. The fraction of sp³-hybridized carbons (Fsp3) is 0.571. The van der Waals surface area contributed by atoms with Crippen LogP contribution in [0.5, 0.6) is 0 Å². The van der Waals surface area contributed by atoms with E-state index in [-0.39, 0.29) is 10.8 Å². The number of pyridine rings is 1. The molecule has 2 N–H and O–H groups in total. The second-order valence-corrected chi connectivity index (χ2v) is 7.68. The highest BCUT2D eigenvalue weighted by Crippen LogP contribution is 2.41. The Kier molecular flexibility index (Phi) is 3.60. The fourth-order valence-corrected chi connectivity index (χ4v) is 4.25. The Bertz CT molecular complexity index is 706. The zero-order chi connectivity index (χ0) is 16.0. The molecule has 1 atom stereocenters. The summed E-state index contributed by atoms with van der Waals surface area (Å²) in [5, 5.41) is 5.27. The monoisotopic (exact) mass is 324 g/mol. The number of primary sulfonamides is 1. The maximum Gasteiger partial charge on any atom is 0.241 e. The first-order valence-corrected chi connectivity index (χ1v) is 8.86. The van der Waals surface area contributed by atoms with Gasteiger partial charge in [-0.3, -0.25) is 4.79 Å². The third-order valence-electron chi connectivity index (χ3n) is 4.66. The third kappa shape index (κ3) is 2.46. The average molecular weight is 324 g/mol. The number of carbonyl (C=O) groups is 1. The molecule has 3 heterocycles. The van der Waals surface area contributed by atoms with E-state index < -0.39 is 15.4 Å². The zero-order valence-corrected chi connectivity index (χ0v) is 13.3. The van der Waals surface area contributed by atoms with Crippen LogP contribution in [0.2, 0.25) is 0 Å². The van der Waals surface area contributed by atoms with Crippen molar-refractivity contribution in [1.82, 2.24) is 9.88 Å². The number of rotatable bonds is 2. The molecule has 1 aromatic rings. The SMILES string of the molecule is CN1CCCC2(CCN(c3ncccc3S(N)(=O)=O)C2)C1=O. The molecule has 0 saturated carbocycles. The van der Waals surface area contributed by atoms with Crippen LogP contribution in [0.25, 0.3) is 0 Å². The molecule has 22 heavy (non-hydrogen) atoms. The number of anilines is 1. The van der Waals surface area contributed by atoms with Gasteiger partial charge >= 0.3 is 0 Å². The summed E-state index contributed by atoms with van der Waals surface area (Å²) >= 11 is 0. The lowest BCUT2D eigenvalue weighted by Crippen LogP contribution is -2.48. The van der Waals surface area contributed by atoms with E-state index in [2.05, 4.69) is 4.98 Å². The summed E-state index contributed by atoms with van der Waals surface area (Å²) < 4.78 is 23.5. The summed E-state index contributed by atoms with van der Waals surface area (Å²) in [5.74, 6) is 0.497. The van der Waals surface area contributed by atoms with Crippen LogP contribution in [0, 0.1) is 5.41 Å². The second-order valence-electron chi connectivity index (χ2n) is 6.15. The number of sulfonamides is 1. The lowest BCUT2D eigenvalue weighted by Gasteiger charge is -2.37. The number of nitrogens with zero attached hydrogens (tertiary/aromatic N) is 3. The minimum absolute atomic E-state index is 0.0173. The van der Waals surface area contributed by atoms with E-state index in [1.54, 1.807) is 17.2 Å². The standard InChI is InChI=1S/C14H20N4O3S/c1-17-8-3-5-14(13(17)19)6-9-18(10-14)12-11(22(15,20)21)4-2-7-16-12/h2,4,7H,3,5-6,8-10H2,1H3,(H2,15,20,21). The largest absolute Gasteiger partial charge is 0.354 e. The maximum absolute atomic E-state index is 12.5. The summed E-state index contributed by atoms with van der Waals surface area (Å²) in [5.41, 5.74) is -0.417. The van der Waals surface area contributed by atoms with Gasteiger partial charge in [-0.25, -0.2) is 18.5 Å². The minimum atomic E-state index is -3.84. The van der Waals surface area contributed by atoms with Crippen molar-refractivity contribution in [2.75, 3.05) is 31.6 Å². The molecule has 1 amide bonds. The number of hydrogen-bond donors (Lipinski definition) is 1. The quantitative estimate of drug-likeness (QED) is 0.837. The maximum atomic E-state index is 12.5. The van der Waals surface area contributed by atoms with Gasteiger partial charge in [-0.05, 0) is 31.4 Å². The number of piperidine rings is 1. The Labute approximate surface area is 130 Å². The molecule has 3 rings (SSSR count). The van der Waals surface area contributed by atoms with E-state index in [0.29, 0.717) is 18.9 Å². The molecule has 120 valence electrons. The summed E-state index contributed by atoms with van der Waals surface area (Å²) in [6, 6.07) is 3.01. The number of amides is 1. The zero-order valence-electron chi connectivity index (χ0n) is 12.5. The summed E-state index contributed by atoms with van der Waals surface area (Å²) in [7, 11) is -2.02. The molecule has 0 radical (unpaired) electrons. The highest BCUT2D eigenvalue weighted by molar-refractivity contribution is 7.89. The summed E-state index contributed by atoms with van der Waals surface area (Å²) in [6.07, 6.45) is 4.07. The first kappa shape index (κ1) is 15.2. The van der Waals surface area contributed by atoms with E-state index >= 15 is 0 Å². The molecule has 7 nitrogen and oxygen atoms in total. The molecule has 2 fully saturated rings. The van der Waals surface area contributed by atoms with Gasteiger partial charge in [-0.2, -0.15) is 0 Å². The van der Waals surface area contributed by atoms with E-state index in [0.717, 1.165) is 25.8 Å². The van der Waals surface area contributed by atoms with Crippen molar-refractivity contribution < 1.29 is 13.2 Å². The molecule has 1 unspecified atom stereocenters. The average Bonchev–Trinajstić information content (AvgIpc) is 2.89. The number of hydrogen-bond acceptors (Lipinski definition) is 5. The second kappa shape index (κ2) is 5.20. The van der Waals surface area contributed by atoms with Gasteiger partial charge in [-0.15, -0.1) is 0 Å². The van der Waals surface area contributed by atoms with Crippen LogP contribution in [-0.4, -0.2) is 50.9 Å². The van der Waals surface area contributed by atoms with Gasteiger partial charge in [0, 0.05) is 32.9 Å². The van der Waals surface area contributed by atoms with Crippen molar-refractivity contribution in [3.05, 3.63) is 18.3 Å². The lowest BCUT2D eigenvalue weighted by atomic mass is 9.78. The van der Waals surface area contributed by atoms with Crippen molar-refractivity contribution in [3.63, 3.8) is 0 Å². The molecule has 2 aliphatic heterocycles. The van der Waals surface area contributed by atoms with Crippen molar-refractivity contribution in [3.8, 4) is 0 Å². The van der Waals surface area contributed by atoms with E-state index in [4.69, 9.17) is 5.14 Å². The Morgan fingerprint density at radius 2 is 2.09 bits per heavy atom. The summed E-state index contributed by atoms with van der Waals surface area (Å²) in [4.78, 5) is 20.4. The van der Waals surface area contributed by atoms with Gasteiger partial charge in [0.05, 0.1) is 5.41 Å². The smallest absolute Gasteiger partial charge is 0.241 e. The molecule has 1 aromatic heterocycles. The Balaban J connectivity index is 1.92.